The Bertz CT molecular complexity index is 728. The maximum absolute atomic E-state index is 6.61. The Labute approximate surface area is 188 Å². The van der Waals surface area contributed by atoms with Crippen LogP contribution in [0.3, 0.4) is 0 Å². The van der Waals surface area contributed by atoms with Crippen molar-refractivity contribution in [2.45, 2.75) is 86.0 Å². The number of nitrogens with zero attached hydrogens (tertiary/aromatic N) is 1. The van der Waals surface area contributed by atoms with Gasteiger partial charge in [0.25, 0.3) is 0 Å². The predicted octanol–water partition coefficient (Wildman–Crippen LogP) is 6.63. The van der Waals surface area contributed by atoms with E-state index in [9.17, 15) is 0 Å². The van der Waals surface area contributed by atoms with Gasteiger partial charge in [-0.15, -0.1) is 0 Å². The number of nitrogen functional groups attached to an aromatic ring is 1. The first kappa shape index (κ1) is 25.0. The zero-order valence-corrected chi connectivity index (χ0v) is 22.7. The maximum atomic E-state index is 6.61. The summed E-state index contributed by atoms with van der Waals surface area (Å²) in [6.07, 6.45) is 8.70. The average Bonchev–Trinajstić information content (AvgIpc) is 2.76. The Morgan fingerprint density at radius 1 is 0.900 bits per heavy atom. The molecule has 0 amide bonds. The van der Waals surface area contributed by atoms with Crippen molar-refractivity contribution < 1.29 is 4.74 Å². The third-order valence-electron chi connectivity index (χ3n) is 6.49. The molecule has 1 aromatic carbocycles. The number of pyridine rings is 1. The summed E-state index contributed by atoms with van der Waals surface area (Å²) in [5, 5.41) is 0. The number of nitrogens with two attached hydrogens (primary N) is 1. The number of ether oxygens (including phenoxy) is 1. The van der Waals surface area contributed by atoms with Crippen molar-refractivity contribution in [2.24, 2.45) is 0 Å². The van der Waals surface area contributed by atoms with E-state index in [0.717, 1.165) is 18.0 Å². The molecule has 2 N–H and O–H groups in total. The number of anilines is 1. The molecule has 1 aromatic heterocycles. The number of unbranched alkanes of at least 4 members (excludes halogenated alkanes) is 3. The fraction of sp³-hybridized carbons (Fsp3) is 0.577. The summed E-state index contributed by atoms with van der Waals surface area (Å²) in [4.78, 5) is 5.14. The second kappa shape index (κ2) is 12.6. The van der Waals surface area contributed by atoms with Crippen molar-refractivity contribution in [2.75, 3.05) is 12.8 Å². The third-order valence-corrected chi connectivity index (χ3v) is 21.5. The number of aromatic nitrogens is 1. The van der Waals surface area contributed by atoms with Gasteiger partial charge in [0.2, 0.25) is 0 Å². The molecular formula is C26H42N2OSn. The molecule has 0 aliphatic heterocycles. The van der Waals surface area contributed by atoms with Gasteiger partial charge in [-0.3, -0.25) is 0 Å². The monoisotopic (exact) mass is 518 g/mol. The van der Waals surface area contributed by atoms with Crippen LogP contribution >= 0.6 is 0 Å². The Kier molecular flexibility index (Phi) is 10.5. The molecule has 0 atom stereocenters. The first-order valence-electron chi connectivity index (χ1n) is 11.9. The van der Waals surface area contributed by atoms with Crippen molar-refractivity contribution in [3.8, 4) is 5.75 Å². The first-order chi connectivity index (χ1) is 14.5. The molecule has 0 fully saturated rings. The number of hydrogen-bond acceptors (Lipinski definition) is 3. The minimum absolute atomic E-state index is 0.756. The Morgan fingerprint density at radius 2 is 1.43 bits per heavy atom. The van der Waals surface area contributed by atoms with E-state index in [1.54, 1.807) is 7.11 Å². The van der Waals surface area contributed by atoms with Crippen LogP contribution in [0.4, 0.5) is 5.82 Å². The summed E-state index contributed by atoms with van der Waals surface area (Å²) in [7, 11) is 1.70. The van der Waals surface area contributed by atoms with Gasteiger partial charge < -0.3 is 0 Å². The van der Waals surface area contributed by atoms with Crippen LogP contribution in [-0.4, -0.2) is 30.5 Å². The van der Waals surface area contributed by atoms with Gasteiger partial charge in [0, 0.05) is 0 Å². The number of hydrogen-bond donors (Lipinski definition) is 1. The van der Waals surface area contributed by atoms with Gasteiger partial charge in [0.1, 0.15) is 0 Å². The van der Waals surface area contributed by atoms with E-state index in [2.05, 4.69) is 45.9 Å². The Balaban J connectivity index is 2.38. The number of rotatable bonds is 13. The molecule has 0 saturated carbocycles. The summed E-state index contributed by atoms with van der Waals surface area (Å²) in [6, 6.07) is 10.7. The van der Waals surface area contributed by atoms with Gasteiger partial charge in [-0.2, -0.15) is 0 Å². The quantitative estimate of drug-likeness (QED) is 0.304. The van der Waals surface area contributed by atoms with Gasteiger partial charge in [-0.1, -0.05) is 0 Å². The molecule has 166 valence electrons. The molecule has 0 aliphatic carbocycles. The van der Waals surface area contributed by atoms with E-state index >= 15 is 0 Å². The molecule has 0 bridgehead atoms. The molecule has 1 heterocycles. The Morgan fingerprint density at radius 3 is 1.87 bits per heavy atom. The normalized spacial score (nSPS) is 11.6. The van der Waals surface area contributed by atoms with E-state index in [1.807, 2.05) is 12.1 Å². The fourth-order valence-corrected chi connectivity index (χ4v) is 20.1. The SMILES string of the molecule is CCC[CH2][Sn]([CH2]CCC)([CH2]CCC)[c]1cc(C)c(Cc2ccc(OC)cc2)c(N)n1. The average molecular weight is 517 g/mol. The van der Waals surface area contributed by atoms with E-state index in [4.69, 9.17) is 15.5 Å². The molecular weight excluding hydrogens is 475 g/mol. The van der Waals surface area contributed by atoms with Gasteiger partial charge in [-0.05, 0) is 0 Å². The van der Waals surface area contributed by atoms with Crippen LogP contribution in [0.1, 0.15) is 76.0 Å². The summed E-state index contributed by atoms with van der Waals surface area (Å²) >= 11 is -2.55. The van der Waals surface area contributed by atoms with Crippen molar-refractivity contribution in [3.63, 3.8) is 0 Å². The molecule has 4 heteroatoms. The van der Waals surface area contributed by atoms with Gasteiger partial charge in [0.05, 0.1) is 0 Å². The van der Waals surface area contributed by atoms with E-state index in [1.165, 1.54) is 72.2 Å². The number of benzene rings is 1. The van der Waals surface area contributed by atoms with Gasteiger partial charge >= 0.3 is 189 Å². The number of aryl methyl sites for hydroxylation is 1. The van der Waals surface area contributed by atoms with Crippen molar-refractivity contribution in [1.29, 1.82) is 0 Å². The van der Waals surface area contributed by atoms with E-state index in [0.29, 0.717) is 0 Å². The second-order valence-electron chi connectivity index (χ2n) is 8.80. The van der Waals surface area contributed by atoms with Gasteiger partial charge in [0.15, 0.2) is 0 Å². The van der Waals surface area contributed by atoms with Crippen LogP contribution < -0.4 is 14.2 Å². The third kappa shape index (κ3) is 6.63. The van der Waals surface area contributed by atoms with Crippen molar-refractivity contribution >= 4 is 27.9 Å². The molecule has 3 nitrogen and oxygen atoms in total. The predicted molar refractivity (Wildman–Crippen MR) is 134 cm³/mol. The standard InChI is InChI=1S/C14H15N2O.3C4H9.Sn/c1-10-7-8-16-14(15)13(10)9-11-3-5-12(17-2)6-4-11;3*1-3-4-2;/h3-7H,9H2,1-2H3,(H2,15,16);3*1,3-4H2,2H3;. The van der Waals surface area contributed by atoms with Crippen LogP contribution in [0, 0.1) is 6.92 Å². The van der Waals surface area contributed by atoms with E-state index < -0.39 is 18.4 Å². The molecule has 2 aromatic rings. The molecule has 0 saturated heterocycles. The van der Waals surface area contributed by atoms with Gasteiger partial charge in [-0.25, -0.2) is 0 Å². The van der Waals surface area contributed by atoms with E-state index in [-0.39, 0.29) is 0 Å². The van der Waals surface area contributed by atoms with Crippen LogP contribution in [0.2, 0.25) is 13.3 Å². The summed E-state index contributed by atoms with van der Waals surface area (Å²) in [5.74, 6) is 1.64. The molecule has 30 heavy (non-hydrogen) atoms. The second-order valence-corrected chi connectivity index (χ2v) is 21.9. The molecule has 0 radical (unpaired) electrons. The first-order valence-corrected chi connectivity index (χ1v) is 19.4. The summed E-state index contributed by atoms with van der Waals surface area (Å²) in [6.45, 7) is 9.19. The van der Waals surface area contributed by atoms with Crippen molar-refractivity contribution in [1.82, 2.24) is 4.98 Å². The number of methoxy groups -OCH3 is 1. The molecule has 2 rings (SSSR count). The minimum atomic E-state index is -2.55. The fourth-order valence-electron chi connectivity index (χ4n) is 4.48. The van der Waals surface area contributed by atoms with Crippen molar-refractivity contribution in [3.05, 3.63) is 47.0 Å². The molecule has 0 unspecified atom stereocenters. The van der Waals surface area contributed by atoms with Crippen LogP contribution in [0.15, 0.2) is 30.3 Å². The topological polar surface area (TPSA) is 48.1 Å². The zero-order valence-electron chi connectivity index (χ0n) is 19.9. The van der Waals surface area contributed by atoms with Crippen LogP contribution in [0.25, 0.3) is 0 Å². The molecule has 0 spiro atoms. The van der Waals surface area contributed by atoms with Crippen LogP contribution in [-0.2, 0) is 6.42 Å². The summed E-state index contributed by atoms with van der Waals surface area (Å²) in [5.41, 5.74) is 10.4. The Hall–Kier alpha value is -1.23. The summed E-state index contributed by atoms with van der Waals surface area (Å²) < 4.78 is 11.0. The van der Waals surface area contributed by atoms with Crippen LogP contribution in [0.5, 0.6) is 5.75 Å². The molecule has 0 aliphatic rings. The zero-order chi connectivity index (χ0) is 22.0.